The maximum Gasteiger partial charge on any atom is 0.327 e. The van der Waals surface area contributed by atoms with Gasteiger partial charge in [0, 0.05) is 6.08 Å². The number of carbonyl (C=O) groups excluding carboxylic acids is 1. The minimum absolute atomic E-state index is 0.110. The van der Waals surface area contributed by atoms with Crippen LogP contribution in [0.15, 0.2) is 25.5 Å². The second-order valence-electron chi connectivity index (χ2n) is 2.09. The Morgan fingerprint density at radius 1 is 1.13 bits per heavy atom. The molecule has 0 rings (SSSR count). The molecule has 0 aromatic rings. The van der Waals surface area contributed by atoms with E-state index in [1.165, 1.54) is 0 Å². The zero-order valence-corrected chi connectivity index (χ0v) is 8.01. The Morgan fingerprint density at radius 2 is 1.60 bits per heavy atom. The molecule has 0 fully saturated rings. The molecule has 0 amide bonds. The molecule has 84 valence electrons. The summed E-state index contributed by atoms with van der Waals surface area (Å²) >= 11 is 0. The van der Waals surface area contributed by atoms with Crippen LogP contribution in [0.3, 0.4) is 0 Å². The van der Waals surface area contributed by atoms with Gasteiger partial charge in [-0.3, -0.25) is 9.59 Å². The molecular formula is C9H12O6. The Balaban J connectivity index is 0. The molecule has 0 bridgehead atoms. The van der Waals surface area contributed by atoms with Gasteiger partial charge in [-0.15, -0.1) is 0 Å². The Kier molecular flexibility index (Phi) is 10.2. The van der Waals surface area contributed by atoms with Crippen molar-refractivity contribution in [1.29, 1.82) is 0 Å². The number of rotatable bonds is 5. The van der Waals surface area contributed by atoms with Gasteiger partial charge in [0.15, 0.2) is 0 Å². The third-order valence-electron chi connectivity index (χ3n) is 0.932. The minimum atomic E-state index is -1.01. The van der Waals surface area contributed by atoms with Crippen molar-refractivity contribution in [3.8, 4) is 0 Å². The van der Waals surface area contributed by atoms with Crippen LogP contribution < -0.4 is 0 Å². The van der Waals surface area contributed by atoms with Gasteiger partial charge in [0.1, 0.15) is 0 Å². The standard InChI is InChI=1S/C6H8O4.C3H4O2/c1-2-10-6(9)4-3-5(7)8;1-2-3(4)5/h2H,1,3-4H2,(H,7,8);2H,1H2,(H,4,5). The van der Waals surface area contributed by atoms with Gasteiger partial charge >= 0.3 is 17.9 Å². The van der Waals surface area contributed by atoms with Crippen LogP contribution in [0.4, 0.5) is 0 Å². The van der Waals surface area contributed by atoms with Gasteiger partial charge in [0.05, 0.1) is 19.1 Å². The molecule has 6 heteroatoms. The van der Waals surface area contributed by atoms with Gasteiger partial charge < -0.3 is 14.9 Å². The third kappa shape index (κ3) is 18.7. The first-order valence-electron chi connectivity index (χ1n) is 3.81. The summed E-state index contributed by atoms with van der Waals surface area (Å²) in [7, 11) is 0. The molecule has 0 heterocycles. The number of carboxylic acids is 2. The second kappa shape index (κ2) is 9.97. The first kappa shape index (κ1) is 15.4. The first-order valence-corrected chi connectivity index (χ1v) is 3.81. The molecule has 0 atom stereocenters. The van der Waals surface area contributed by atoms with Crippen LogP contribution in [-0.2, 0) is 19.1 Å². The highest BCUT2D eigenvalue weighted by Crippen LogP contribution is 1.91. The highest BCUT2D eigenvalue weighted by atomic mass is 16.5. The van der Waals surface area contributed by atoms with Crippen molar-refractivity contribution in [2.45, 2.75) is 12.8 Å². The summed E-state index contributed by atoms with van der Waals surface area (Å²) in [5.41, 5.74) is 0. The van der Waals surface area contributed by atoms with Gasteiger partial charge in [0.2, 0.25) is 0 Å². The predicted molar refractivity (Wildman–Crippen MR) is 51.0 cm³/mol. The first-order chi connectivity index (χ1) is 6.93. The summed E-state index contributed by atoms with van der Waals surface area (Å²) in [5, 5.41) is 15.7. The lowest BCUT2D eigenvalue weighted by Gasteiger charge is -1.93. The lowest BCUT2D eigenvalue weighted by molar-refractivity contribution is -0.144. The largest absolute Gasteiger partial charge is 0.481 e. The Morgan fingerprint density at radius 3 is 1.87 bits per heavy atom. The van der Waals surface area contributed by atoms with Gasteiger partial charge in [0.25, 0.3) is 0 Å². The van der Waals surface area contributed by atoms with Crippen molar-refractivity contribution in [3.63, 3.8) is 0 Å². The monoisotopic (exact) mass is 216 g/mol. The number of hydrogen-bond donors (Lipinski definition) is 2. The summed E-state index contributed by atoms with van der Waals surface area (Å²) in [6.45, 7) is 6.10. The van der Waals surface area contributed by atoms with E-state index < -0.39 is 17.9 Å². The van der Waals surface area contributed by atoms with Crippen LogP contribution in [-0.4, -0.2) is 28.1 Å². The summed E-state index contributed by atoms with van der Waals surface area (Å²) in [6.07, 6.45) is 1.50. The maximum absolute atomic E-state index is 10.4. The van der Waals surface area contributed by atoms with E-state index in [2.05, 4.69) is 17.9 Å². The van der Waals surface area contributed by atoms with Crippen molar-refractivity contribution < 1.29 is 29.3 Å². The molecule has 2 N–H and O–H groups in total. The van der Waals surface area contributed by atoms with Crippen LogP contribution in [0, 0.1) is 0 Å². The van der Waals surface area contributed by atoms with Crippen LogP contribution >= 0.6 is 0 Å². The molecule has 0 aliphatic heterocycles. The fraction of sp³-hybridized carbons (Fsp3) is 0.222. The van der Waals surface area contributed by atoms with Crippen molar-refractivity contribution >= 4 is 17.9 Å². The maximum atomic E-state index is 10.4. The smallest absolute Gasteiger partial charge is 0.327 e. The average molecular weight is 216 g/mol. The molecule has 0 aromatic carbocycles. The van der Waals surface area contributed by atoms with E-state index in [1.54, 1.807) is 0 Å². The number of carboxylic acid groups (broad SMARTS) is 2. The molecular weight excluding hydrogens is 204 g/mol. The van der Waals surface area contributed by atoms with Crippen LogP contribution in [0.5, 0.6) is 0 Å². The number of ether oxygens (including phenoxy) is 1. The molecule has 0 spiro atoms. The topological polar surface area (TPSA) is 101 Å². The average Bonchev–Trinajstić information content (AvgIpc) is 2.16. The molecule has 0 aromatic heterocycles. The Bertz CT molecular complexity index is 255. The Labute approximate surface area is 86.5 Å². The van der Waals surface area contributed by atoms with Gasteiger partial charge in [-0.25, -0.2) is 4.79 Å². The van der Waals surface area contributed by atoms with Crippen molar-refractivity contribution in [3.05, 3.63) is 25.5 Å². The van der Waals surface area contributed by atoms with Crippen LogP contribution in [0.1, 0.15) is 12.8 Å². The lowest BCUT2D eigenvalue weighted by atomic mass is 10.3. The predicted octanol–water partition coefficient (Wildman–Crippen LogP) is 0.795. The molecule has 15 heavy (non-hydrogen) atoms. The van der Waals surface area contributed by atoms with Crippen molar-refractivity contribution in [1.82, 2.24) is 0 Å². The van der Waals surface area contributed by atoms with Crippen LogP contribution in [0.2, 0.25) is 0 Å². The number of aliphatic carboxylic acids is 2. The highest BCUT2D eigenvalue weighted by molar-refractivity contribution is 5.78. The van der Waals surface area contributed by atoms with E-state index in [4.69, 9.17) is 10.2 Å². The van der Waals surface area contributed by atoms with E-state index >= 15 is 0 Å². The van der Waals surface area contributed by atoms with Crippen molar-refractivity contribution in [2.24, 2.45) is 0 Å². The van der Waals surface area contributed by atoms with Gasteiger partial charge in [-0.2, -0.15) is 0 Å². The molecule has 0 saturated heterocycles. The molecule has 6 nitrogen and oxygen atoms in total. The summed E-state index contributed by atoms with van der Waals surface area (Å²) in [6, 6.07) is 0. The number of carbonyl (C=O) groups is 3. The molecule has 0 unspecified atom stereocenters. The Hall–Kier alpha value is -2.11. The normalized spacial score (nSPS) is 7.73. The zero-order valence-electron chi connectivity index (χ0n) is 8.01. The summed E-state index contributed by atoms with van der Waals surface area (Å²) < 4.78 is 4.25. The molecule has 0 radical (unpaired) electrons. The highest BCUT2D eigenvalue weighted by Gasteiger charge is 2.03. The van der Waals surface area contributed by atoms with E-state index in [0.29, 0.717) is 0 Å². The van der Waals surface area contributed by atoms with Crippen molar-refractivity contribution in [2.75, 3.05) is 0 Å². The fourth-order valence-electron chi connectivity index (χ4n) is 0.361. The number of hydrogen-bond acceptors (Lipinski definition) is 4. The second-order valence-corrected chi connectivity index (χ2v) is 2.09. The quantitative estimate of drug-likeness (QED) is 0.400. The van der Waals surface area contributed by atoms with Gasteiger partial charge in [-0.1, -0.05) is 13.2 Å². The SMILES string of the molecule is C=CC(=O)O.C=COC(=O)CCC(=O)O. The van der Waals surface area contributed by atoms with E-state index in [-0.39, 0.29) is 12.8 Å². The van der Waals surface area contributed by atoms with Gasteiger partial charge in [-0.05, 0) is 0 Å². The molecule has 0 aliphatic rings. The molecule has 0 aliphatic carbocycles. The summed E-state index contributed by atoms with van der Waals surface area (Å²) in [4.78, 5) is 29.5. The summed E-state index contributed by atoms with van der Waals surface area (Å²) in [5.74, 6) is -2.57. The van der Waals surface area contributed by atoms with Crippen LogP contribution in [0.25, 0.3) is 0 Å². The van der Waals surface area contributed by atoms with E-state index in [0.717, 1.165) is 12.3 Å². The fourth-order valence-corrected chi connectivity index (χ4v) is 0.361. The number of esters is 1. The lowest BCUT2D eigenvalue weighted by Crippen LogP contribution is -2.03. The third-order valence-corrected chi connectivity index (χ3v) is 0.932. The minimum Gasteiger partial charge on any atom is -0.481 e. The van der Waals surface area contributed by atoms with E-state index in [1.807, 2.05) is 0 Å². The zero-order chi connectivity index (χ0) is 12.3. The molecule has 0 saturated carbocycles. The van der Waals surface area contributed by atoms with E-state index in [9.17, 15) is 14.4 Å².